The molecule has 0 unspecified atom stereocenters. The summed E-state index contributed by atoms with van der Waals surface area (Å²) in [6.45, 7) is 1.16. The maximum atomic E-state index is 13.6. The minimum atomic E-state index is -0.528. The molecule has 2 amide bonds. The molecule has 140 valence electrons. The number of carbonyl (C=O) groups is 1. The minimum absolute atomic E-state index is 0.0358. The van der Waals surface area contributed by atoms with E-state index < -0.39 is 11.6 Å². The molecule has 0 radical (unpaired) electrons. The van der Waals surface area contributed by atoms with E-state index in [0.29, 0.717) is 13.1 Å². The van der Waals surface area contributed by atoms with E-state index in [2.05, 4.69) is 15.3 Å². The average molecular weight is 370 g/mol. The van der Waals surface area contributed by atoms with Gasteiger partial charge in [-0.1, -0.05) is 12.1 Å². The van der Waals surface area contributed by atoms with Crippen LogP contribution in [-0.4, -0.2) is 34.0 Å². The third-order valence-corrected chi connectivity index (χ3v) is 5.01. The number of aromatic amines is 1. The first kappa shape index (κ1) is 17.5. The predicted molar refractivity (Wildman–Crippen MR) is 98.2 cm³/mol. The number of hydrogen-bond donors (Lipinski definition) is 2. The molecule has 0 atom stereocenters. The quantitative estimate of drug-likeness (QED) is 0.734. The van der Waals surface area contributed by atoms with Gasteiger partial charge >= 0.3 is 6.03 Å². The number of aromatic nitrogens is 2. The Bertz CT molecular complexity index is 931. The number of carbonyl (C=O) groups excluding carboxylic acids is 1. The lowest BCUT2D eigenvalue weighted by Crippen LogP contribution is -2.44. The number of nitrogens with zero attached hydrogens (tertiary/aromatic N) is 2. The van der Waals surface area contributed by atoms with Gasteiger partial charge in [-0.15, -0.1) is 0 Å². The van der Waals surface area contributed by atoms with E-state index in [4.69, 9.17) is 0 Å². The molecule has 2 aromatic carbocycles. The lowest BCUT2D eigenvalue weighted by atomic mass is 9.96. The second kappa shape index (κ2) is 7.34. The molecule has 1 aliphatic heterocycles. The van der Waals surface area contributed by atoms with Gasteiger partial charge in [0.25, 0.3) is 0 Å². The van der Waals surface area contributed by atoms with Crippen LogP contribution in [0.25, 0.3) is 11.0 Å². The first-order valence-electron chi connectivity index (χ1n) is 9.01. The summed E-state index contributed by atoms with van der Waals surface area (Å²) in [7, 11) is 0. The molecule has 0 bridgehead atoms. The number of rotatable bonds is 3. The largest absolute Gasteiger partial charge is 0.342 e. The van der Waals surface area contributed by atoms with E-state index in [-0.39, 0.29) is 24.1 Å². The highest BCUT2D eigenvalue weighted by molar-refractivity contribution is 5.75. The smallest absolute Gasteiger partial charge is 0.317 e. The van der Waals surface area contributed by atoms with Gasteiger partial charge in [-0.2, -0.15) is 0 Å². The first-order chi connectivity index (χ1) is 13.1. The molecule has 0 aliphatic carbocycles. The van der Waals surface area contributed by atoms with Gasteiger partial charge in [0.15, 0.2) is 0 Å². The fraction of sp³-hybridized carbons (Fsp3) is 0.300. The predicted octanol–water partition coefficient (Wildman–Crippen LogP) is 3.93. The van der Waals surface area contributed by atoms with Crippen molar-refractivity contribution in [1.29, 1.82) is 0 Å². The standard InChI is InChI=1S/C20H20F2N4O/c21-15-5-6-16(22)14(11-15)12-23-20(27)26-9-7-13(8-10-26)19-24-17-3-1-2-4-18(17)25-19/h1-6,11,13H,7-10,12H2,(H,23,27)(H,24,25). The summed E-state index contributed by atoms with van der Waals surface area (Å²) in [5, 5.41) is 2.67. The monoisotopic (exact) mass is 370 g/mol. The highest BCUT2D eigenvalue weighted by atomic mass is 19.1. The molecule has 0 spiro atoms. The van der Waals surface area contributed by atoms with E-state index in [1.807, 2.05) is 24.3 Å². The van der Waals surface area contributed by atoms with Gasteiger partial charge in [0.2, 0.25) is 0 Å². The number of amides is 2. The van der Waals surface area contributed by atoms with Crippen molar-refractivity contribution in [2.24, 2.45) is 0 Å². The van der Waals surface area contributed by atoms with Crippen LogP contribution in [-0.2, 0) is 6.54 Å². The number of H-pyrrole nitrogens is 1. The normalized spacial score (nSPS) is 15.3. The Labute approximate surface area is 155 Å². The van der Waals surface area contributed by atoms with Crippen LogP contribution in [0.15, 0.2) is 42.5 Å². The van der Waals surface area contributed by atoms with Crippen LogP contribution >= 0.6 is 0 Å². The number of halogens is 2. The maximum absolute atomic E-state index is 13.6. The Balaban J connectivity index is 1.33. The second-order valence-corrected chi connectivity index (χ2v) is 6.79. The van der Waals surface area contributed by atoms with Gasteiger partial charge in [0.1, 0.15) is 17.5 Å². The van der Waals surface area contributed by atoms with Gasteiger partial charge in [-0.05, 0) is 43.2 Å². The van der Waals surface area contributed by atoms with E-state index >= 15 is 0 Å². The fourth-order valence-corrected chi connectivity index (χ4v) is 3.48. The van der Waals surface area contributed by atoms with Gasteiger partial charge in [-0.25, -0.2) is 18.6 Å². The van der Waals surface area contributed by atoms with Crippen LogP contribution in [0.4, 0.5) is 13.6 Å². The molecule has 0 saturated carbocycles. The summed E-state index contributed by atoms with van der Waals surface area (Å²) in [4.78, 5) is 22.0. The van der Waals surface area contributed by atoms with E-state index in [1.54, 1.807) is 4.90 Å². The zero-order valence-electron chi connectivity index (χ0n) is 14.7. The number of fused-ring (bicyclic) bond motifs is 1. The van der Waals surface area contributed by atoms with Crippen molar-refractivity contribution in [3.8, 4) is 0 Å². The molecule has 2 N–H and O–H groups in total. The van der Waals surface area contributed by atoms with Gasteiger partial charge < -0.3 is 15.2 Å². The van der Waals surface area contributed by atoms with Crippen LogP contribution in [0, 0.1) is 11.6 Å². The summed E-state index contributed by atoms with van der Waals surface area (Å²) < 4.78 is 26.9. The Hall–Kier alpha value is -2.96. The molecular weight excluding hydrogens is 350 g/mol. The first-order valence-corrected chi connectivity index (χ1v) is 9.01. The molecule has 1 saturated heterocycles. The SMILES string of the molecule is O=C(NCc1cc(F)ccc1F)N1CCC(c2nc3ccccc3[nH]2)CC1. The minimum Gasteiger partial charge on any atom is -0.342 e. The van der Waals surface area contributed by atoms with Crippen molar-refractivity contribution in [2.45, 2.75) is 25.3 Å². The number of piperidine rings is 1. The molecule has 3 aromatic rings. The third kappa shape index (κ3) is 3.77. The zero-order valence-corrected chi connectivity index (χ0v) is 14.7. The van der Waals surface area contributed by atoms with Gasteiger partial charge in [0.05, 0.1) is 11.0 Å². The highest BCUT2D eigenvalue weighted by Gasteiger charge is 2.25. The summed E-state index contributed by atoms with van der Waals surface area (Å²) in [5.41, 5.74) is 2.11. The molecule has 1 aromatic heterocycles. The number of urea groups is 1. The summed E-state index contributed by atoms with van der Waals surface area (Å²) >= 11 is 0. The Morgan fingerprint density at radius 3 is 2.74 bits per heavy atom. The Morgan fingerprint density at radius 1 is 1.19 bits per heavy atom. The van der Waals surface area contributed by atoms with Crippen molar-refractivity contribution in [3.05, 3.63) is 65.5 Å². The topological polar surface area (TPSA) is 61.0 Å². The van der Waals surface area contributed by atoms with Crippen molar-refractivity contribution in [3.63, 3.8) is 0 Å². The summed E-state index contributed by atoms with van der Waals surface area (Å²) in [6.07, 6.45) is 1.61. The second-order valence-electron chi connectivity index (χ2n) is 6.79. The fourth-order valence-electron chi connectivity index (χ4n) is 3.48. The number of benzene rings is 2. The number of nitrogens with one attached hydrogen (secondary N) is 2. The molecule has 4 rings (SSSR count). The van der Waals surface area contributed by atoms with E-state index in [9.17, 15) is 13.6 Å². The van der Waals surface area contributed by atoms with Crippen molar-refractivity contribution in [1.82, 2.24) is 20.2 Å². The lowest BCUT2D eigenvalue weighted by molar-refractivity contribution is 0.180. The third-order valence-electron chi connectivity index (χ3n) is 5.01. The molecule has 2 heterocycles. The molecule has 7 heteroatoms. The number of likely N-dealkylation sites (tertiary alicyclic amines) is 1. The molecular formula is C20H20F2N4O. The Morgan fingerprint density at radius 2 is 1.96 bits per heavy atom. The number of imidazole rings is 1. The van der Waals surface area contributed by atoms with Crippen LogP contribution < -0.4 is 5.32 Å². The van der Waals surface area contributed by atoms with Crippen molar-refractivity contribution >= 4 is 17.1 Å². The summed E-state index contributed by atoms with van der Waals surface area (Å²) in [6, 6.07) is 10.9. The van der Waals surface area contributed by atoms with Crippen LogP contribution in [0.3, 0.4) is 0 Å². The lowest BCUT2D eigenvalue weighted by Gasteiger charge is -2.31. The van der Waals surface area contributed by atoms with E-state index in [0.717, 1.165) is 47.9 Å². The van der Waals surface area contributed by atoms with E-state index in [1.165, 1.54) is 0 Å². The maximum Gasteiger partial charge on any atom is 0.317 e. The van der Waals surface area contributed by atoms with Crippen molar-refractivity contribution < 1.29 is 13.6 Å². The molecule has 27 heavy (non-hydrogen) atoms. The molecule has 1 aliphatic rings. The highest BCUT2D eigenvalue weighted by Crippen LogP contribution is 2.27. The van der Waals surface area contributed by atoms with Gasteiger partial charge in [-0.3, -0.25) is 0 Å². The zero-order chi connectivity index (χ0) is 18.8. The molecule has 5 nitrogen and oxygen atoms in total. The van der Waals surface area contributed by atoms with Crippen LogP contribution in [0.2, 0.25) is 0 Å². The number of hydrogen-bond acceptors (Lipinski definition) is 2. The van der Waals surface area contributed by atoms with Crippen molar-refractivity contribution in [2.75, 3.05) is 13.1 Å². The van der Waals surface area contributed by atoms with Gasteiger partial charge in [0, 0.05) is 31.1 Å². The number of para-hydroxylation sites is 2. The van der Waals surface area contributed by atoms with Crippen LogP contribution in [0.5, 0.6) is 0 Å². The Kier molecular flexibility index (Phi) is 4.75. The van der Waals surface area contributed by atoms with Crippen LogP contribution in [0.1, 0.15) is 30.1 Å². The average Bonchev–Trinajstić information content (AvgIpc) is 3.13. The summed E-state index contributed by atoms with van der Waals surface area (Å²) in [5.74, 6) is 0.188. The molecule has 1 fully saturated rings.